The van der Waals surface area contributed by atoms with Crippen molar-refractivity contribution >= 4 is 5.97 Å². The van der Waals surface area contributed by atoms with Crippen LogP contribution in [0.3, 0.4) is 0 Å². The lowest BCUT2D eigenvalue weighted by atomic mass is 10.7. The zero-order valence-corrected chi connectivity index (χ0v) is 2.69. The van der Waals surface area contributed by atoms with Gasteiger partial charge in [0, 0.05) is 0 Å². The molecule has 0 fully saturated rings. The standard InChI is InChI=1S/C3HFO2/c4-2-1-3(5)6/h(H,5,6)/p-1. The van der Waals surface area contributed by atoms with Crippen LogP contribution in [0.4, 0.5) is 4.39 Å². The second-order valence-corrected chi connectivity index (χ2v) is 0.507. The topological polar surface area (TPSA) is 40.1 Å². The number of rotatable bonds is 0. The Labute approximate surface area is 33.6 Å². The van der Waals surface area contributed by atoms with Crippen LogP contribution in [0, 0.1) is 12.1 Å². The van der Waals surface area contributed by atoms with Crippen LogP contribution in [0.1, 0.15) is 0 Å². The largest absolute Gasteiger partial charge is 0.536 e. The van der Waals surface area contributed by atoms with Gasteiger partial charge in [-0.2, -0.15) is 0 Å². The van der Waals surface area contributed by atoms with E-state index in [1.165, 1.54) is 0 Å². The molecule has 0 unspecified atom stereocenters. The molecule has 0 bridgehead atoms. The molecule has 0 aromatic rings. The lowest BCUT2D eigenvalue weighted by Gasteiger charge is -1.77. The number of hydrogen-bond acceptors (Lipinski definition) is 2. The van der Waals surface area contributed by atoms with E-state index in [4.69, 9.17) is 9.90 Å². The number of carboxylic acid groups (broad SMARTS) is 1. The van der Waals surface area contributed by atoms with Gasteiger partial charge in [0.1, 0.15) is 12.1 Å². The Morgan fingerprint density at radius 1 is 1.83 bits per heavy atom. The Morgan fingerprint density at radius 3 is 2.33 bits per heavy atom. The van der Waals surface area contributed by atoms with Crippen LogP contribution in [-0.4, -0.2) is 5.97 Å². The van der Waals surface area contributed by atoms with E-state index in [1.54, 1.807) is 0 Å². The molecule has 0 aromatic carbocycles. The van der Waals surface area contributed by atoms with Gasteiger partial charge in [0.2, 0.25) is 0 Å². The van der Waals surface area contributed by atoms with Gasteiger partial charge >= 0.3 is 0 Å². The van der Waals surface area contributed by atoms with Crippen LogP contribution in [0.5, 0.6) is 0 Å². The fourth-order valence-corrected chi connectivity index (χ4v) is 0.0386. The highest BCUT2D eigenvalue weighted by molar-refractivity contribution is 5.83. The van der Waals surface area contributed by atoms with E-state index >= 15 is 0 Å². The summed E-state index contributed by atoms with van der Waals surface area (Å²) in [6.07, 6.45) is 0.655. The third-order valence-corrected chi connectivity index (χ3v) is 0.149. The first kappa shape index (κ1) is 4.96. The molecule has 0 heterocycles. The average Bonchev–Trinajstić information content (AvgIpc) is 1.35. The van der Waals surface area contributed by atoms with Gasteiger partial charge in [0.05, 0.1) is 0 Å². The van der Waals surface area contributed by atoms with Gasteiger partial charge in [-0.3, -0.25) is 0 Å². The van der Waals surface area contributed by atoms with Crippen molar-refractivity contribution in [2.45, 2.75) is 0 Å². The molecule has 6 heavy (non-hydrogen) atoms. The molecule has 0 amide bonds. The minimum Gasteiger partial charge on any atom is -0.536 e. The van der Waals surface area contributed by atoms with Crippen molar-refractivity contribution < 1.29 is 14.3 Å². The monoisotopic (exact) mass is 87.0 g/mol. The van der Waals surface area contributed by atoms with E-state index < -0.39 is 5.97 Å². The molecule has 0 saturated heterocycles. The summed E-state index contributed by atoms with van der Waals surface area (Å²) >= 11 is 0. The first-order chi connectivity index (χ1) is 2.77. The molecule has 0 aliphatic rings. The van der Waals surface area contributed by atoms with Crippen LogP contribution in [-0.2, 0) is 4.79 Å². The first-order valence-corrected chi connectivity index (χ1v) is 1.10. The Hall–Kier alpha value is -1.04. The predicted molar refractivity (Wildman–Crippen MR) is 13.9 cm³/mol. The molecule has 2 nitrogen and oxygen atoms in total. The van der Waals surface area contributed by atoms with E-state index in [2.05, 4.69) is 0 Å². The van der Waals surface area contributed by atoms with Crippen molar-refractivity contribution in [3.63, 3.8) is 0 Å². The molecule has 0 aliphatic heterocycles. The molecule has 0 atom stereocenters. The maximum atomic E-state index is 10.5. The lowest BCUT2D eigenvalue weighted by Crippen LogP contribution is -2.19. The highest BCUT2D eigenvalue weighted by Crippen LogP contribution is 1.50. The van der Waals surface area contributed by atoms with Gasteiger partial charge in [-0.15, -0.1) is 4.39 Å². The number of halogens is 1. The molecule has 3 heteroatoms. The Morgan fingerprint density at radius 2 is 2.33 bits per heavy atom. The van der Waals surface area contributed by atoms with Gasteiger partial charge < -0.3 is 9.90 Å². The van der Waals surface area contributed by atoms with Gasteiger partial charge in [0.25, 0.3) is 0 Å². The fraction of sp³-hybridized carbons (Fsp3) is 0. The summed E-state index contributed by atoms with van der Waals surface area (Å²) in [5.74, 6) is -0.600. The third-order valence-electron chi connectivity index (χ3n) is 0.149. The highest BCUT2D eigenvalue weighted by atomic mass is 19.1. The fourth-order valence-electron chi connectivity index (χ4n) is 0.0386. The molecular formula is C3FO2-. The zero-order valence-electron chi connectivity index (χ0n) is 2.69. The Balaban J connectivity index is 3.50. The molecule has 0 spiro atoms. The molecule has 0 aliphatic carbocycles. The van der Waals surface area contributed by atoms with Gasteiger partial charge in [-0.1, -0.05) is 0 Å². The van der Waals surface area contributed by atoms with Crippen LogP contribution in [0.2, 0.25) is 0 Å². The van der Waals surface area contributed by atoms with Crippen molar-refractivity contribution in [2.24, 2.45) is 0 Å². The average molecular weight is 87.0 g/mol. The zero-order chi connectivity index (χ0) is 4.99. The van der Waals surface area contributed by atoms with Crippen molar-refractivity contribution in [2.75, 3.05) is 0 Å². The van der Waals surface area contributed by atoms with Crippen molar-refractivity contribution in [1.82, 2.24) is 0 Å². The molecule has 0 aromatic heterocycles. The minimum absolute atomic E-state index is 0.655. The van der Waals surface area contributed by atoms with Gasteiger partial charge in [-0.05, 0) is 5.92 Å². The number of carbonyl (C=O) groups excluding carboxylic acids is 1. The second kappa shape index (κ2) is 2.21. The molecule has 32 valence electrons. The number of carboxylic acids is 1. The maximum absolute atomic E-state index is 10.5. The van der Waals surface area contributed by atoms with Gasteiger partial charge in [-0.25, -0.2) is 0 Å². The number of hydrogen-bond donors (Lipinski definition) is 0. The smallest absolute Gasteiger partial charge is 0.119 e. The normalized spacial score (nSPS) is 5.50. The molecule has 0 radical (unpaired) electrons. The van der Waals surface area contributed by atoms with Crippen LogP contribution in [0.25, 0.3) is 0 Å². The molecule has 0 rings (SSSR count). The molecule has 0 N–H and O–H groups in total. The SMILES string of the molecule is O=C([O-])C#CF. The Bertz CT molecular complexity index is 108. The third kappa shape index (κ3) is 2.96. The summed E-state index contributed by atoms with van der Waals surface area (Å²) in [5, 5.41) is 9.07. The molecular weight excluding hydrogens is 87.0 g/mol. The van der Waals surface area contributed by atoms with Crippen LogP contribution >= 0.6 is 0 Å². The first-order valence-electron chi connectivity index (χ1n) is 1.10. The maximum Gasteiger partial charge on any atom is 0.119 e. The highest BCUT2D eigenvalue weighted by Gasteiger charge is 1.61. The quantitative estimate of drug-likeness (QED) is 0.343. The van der Waals surface area contributed by atoms with Crippen LogP contribution < -0.4 is 5.11 Å². The van der Waals surface area contributed by atoms with E-state index in [1.807, 2.05) is 0 Å². The van der Waals surface area contributed by atoms with Gasteiger partial charge in [0.15, 0.2) is 0 Å². The van der Waals surface area contributed by atoms with E-state index in [-0.39, 0.29) is 0 Å². The van der Waals surface area contributed by atoms with E-state index in [9.17, 15) is 4.39 Å². The van der Waals surface area contributed by atoms with Crippen molar-refractivity contribution in [3.8, 4) is 12.1 Å². The van der Waals surface area contributed by atoms with E-state index in [0.717, 1.165) is 5.92 Å². The van der Waals surface area contributed by atoms with Crippen LogP contribution in [0.15, 0.2) is 0 Å². The van der Waals surface area contributed by atoms with Crippen molar-refractivity contribution in [3.05, 3.63) is 0 Å². The Kier molecular flexibility index (Phi) is 1.83. The summed E-state index contributed by atoms with van der Waals surface area (Å²) in [6, 6.07) is 0. The molecule has 0 saturated carbocycles. The van der Waals surface area contributed by atoms with Crippen molar-refractivity contribution in [1.29, 1.82) is 0 Å². The number of aliphatic carboxylic acids is 1. The summed E-state index contributed by atoms with van der Waals surface area (Å²) < 4.78 is 10.5. The summed E-state index contributed by atoms with van der Waals surface area (Å²) in [4.78, 5) is 9.07. The second-order valence-electron chi connectivity index (χ2n) is 0.507. The summed E-state index contributed by atoms with van der Waals surface area (Å²) in [5.41, 5.74) is 0. The predicted octanol–water partition coefficient (Wildman–Crippen LogP) is -1.33. The lowest BCUT2D eigenvalue weighted by molar-refractivity contribution is -0.295. The van der Waals surface area contributed by atoms with E-state index in [0.29, 0.717) is 6.17 Å². The number of carbonyl (C=O) groups is 1. The summed E-state index contributed by atoms with van der Waals surface area (Å²) in [7, 11) is 0. The summed E-state index contributed by atoms with van der Waals surface area (Å²) in [6.45, 7) is 0. The minimum atomic E-state index is -1.70.